The fourth-order valence-corrected chi connectivity index (χ4v) is 6.53. The highest BCUT2D eigenvalue weighted by molar-refractivity contribution is 7.92. The van der Waals surface area contributed by atoms with E-state index in [4.69, 9.17) is 14.2 Å². The van der Waals surface area contributed by atoms with Crippen LogP contribution >= 0.6 is 0 Å². The van der Waals surface area contributed by atoms with Crippen molar-refractivity contribution in [3.8, 4) is 11.5 Å². The molecule has 11 heteroatoms. The topological polar surface area (TPSA) is 123 Å². The number of nitrogens with zero attached hydrogens (tertiary/aromatic N) is 1. The standard InChI is InChI=1S/C32H37N3O7S/c1-20(2)21-8-10-22(11-9-21)33-31(36)18-25-13-14-28-30(42-25)19-41-29-15-12-23(16-27(29)32(37)35(28)3)34-43(38,39)26-7-5-6-24(17-26)40-4/h5-12,15-17,20,25,28,30,34H,13-14,18-19H2,1-4H3,(H,33,36)/t25-,28+,30-/m1/s1. The van der Waals surface area contributed by atoms with Crippen LogP contribution in [0.15, 0.2) is 71.6 Å². The van der Waals surface area contributed by atoms with Gasteiger partial charge in [-0.15, -0.1) is 0 Å². The fourth-order valence-electron chi connectivity index (χ4n) is 5.44. The SMILES string of the molecule is COc1cccc(S(=O)(=O)Nc2ccc3c(c2)C(=O)N(C)[C@H]2CC[C@H](CC(=O)Nc4ccc(C(C)C)cc4)O[C@@H]2CO3)c1. The van der Waals surface area contributed by atoms with Crippen LogP contribution in [0, 0.1) is 0 Å². The van der Waals surface area contributed by atoms with Crippen LogP contribution in [0.3, 0.4) is 0 Å². The molecule has 2 aliphatic rings. The Bertz CT molecular complexity index is 1590. The van der Waals surface area contributed by atoms with Crippen molar-refractivity contribution in [2.75, 3.05) is 30.8 Å². The van der Waals surface area contributed by atoms with Crippen molar-refractivity contribution in [1.82, 2.24) is 4.90 Å². The molecule has 3 aromatic rings. The van der Waals surface area contributed by atoms with Crippen molar-refractivity contribution in [3.63, 3.8) is 0 Å². The molecular formula is C32H37N3O7S. The van der Waals surface area contributed by atoms with Gasteiger partial charge < -0.3 is 24.4 Å². The van der Waals surface area contributed by atoms with E-state index in [0.717, 1.165) is 5.69 Å². The third-order valence-corrected chi connectivity index (χ3v) is 9.27. The Morgan fingerprint density at radius 3 is 2.51 bits per heavy atom. The number of fused-ring (bicyclic) bond motifs is 2. The van der Waals surface area contributed by atoms with E-state index < -0.39 is 16.1 Å². The van der Waals surface area contributed by atoms with Gasteiger partial charge in [-0.3, -0.25) is 14.3 Å². The summed E-state index contributed by atoms with van der Waals surface area (Å²) in [6.45, 7) is 4.42. The van der Waals surface area contributed by atoms with Crippen molar-refractivity contribution in [3.05, 3.63) is 77.9 Å². The number of carbonyl (C=O) groups is 2. The van der Waals surface area contributed by atoms with Gasteiger partial charge in [0, 0.05) is 24.5 Å². The second-order valence-corrected chi connectivity index (χ2v) is 12.9. The van der Waals surface area contributed by atoms with Gasteiger partial charge in [0.1, 0.15) is 24.2 Å². The molecule has 0 saturated carbocycles. The predicted molar refractivity (Wildman–Crippen MR) is 163 cm³/mol. The van der Waals surface area contributed by atoms with Crippen LogP contribution in [0.1, 0.15) is 54.9 Å². The Morgan fingerprint density at radius 2 is 1.79 bits per heavy atom. The van der Waals surface area contributed by atoms with Gasteiger partial charge in [-0.2, -0.15) is 0 Å². The highest BCUT2D eigenvalue weighted by Gasteiger charge is 2.39. The molecule has 0 aliphatic carbocycles. The molecule has 1 fully saturated rings. The van der Waals surface area contributed by atoms with Crippen molar-refractivity contribution >= 4 is 33.2 Å². The Balaban J connectivity index is 1.25. The van der Waals surface area contributed by atoms with E-state index in [1.165, 1.54) is 30.9 Å². The second kappa shape index (κ2) is 12.6. The lowest BCUT2D eigenvalue weighted by atomic mass is 9.94. The van der Waals surface area contributed by atoms with E-state index in [2.05, 4.69) is 23.9 Å². The summed E-state index contributed by atoms with van der Waals surface area (Å²) in [7, 11) is -0.760. The van der Waals surface area contributed by atoms with E-state index in [1.807, 2.05) is 24.3 Å². The maximum absolute atomic E-state index is 13.6. The first-order valence-electron chi connectivity index (χ1n) is 14.3. The number of anilines is 2. The van der Waals surface area contributed by atoms with Gasteiger partial charge in [-0.25, -0.2) is 8.42 Å². The quantitative estimate of drug-likeness (QED) is 0.368. The first kappa shape index (κ1) is 30.4. The molecule has 2 amide bonds. The van der Waals surface area contributed by atoms with Crippen molar-refractivity contribution in [2.24, 2.45) is 0 Å². The number of likely N-dealkylation sites (N-methyl/N-ethyl adjacent to an activating group) is 1. The molecule has 0 bridgehead atoms. The zero-order valence-corrected chi connectivity index (χ0v) is 25.5. The lowest BCUT2D eigenvalue weighted by molar-refractivity contribution is -0.130. The normalized spacial score (nSPS) is 20.3. The van der Waals surface area contributed by atoms with E-state index in [1.54, 1.807) is 36.2 Å². The summed E-state index contributed by atoms with van der Waals surface area (Å²) < 4.78 is 46.0. The lowest BCUT2D eigenvalue weighted by Gasteiger charge is -2.42. The number of methoxy groups -OCH3 is 1. The van der Waals surface area contributed by atoms with Crippen LogP contribution in [-0.2, 0) is 19.6 Å². The molecule has 3 aromatic carbocycles. The zero-order chi connectivity index (χ0) is 30.7. The van der Waals surface area contributed by atoms with Crippen LogP contribution in [0.4, 0.5) is 11.4 Å². The second-order valence-electron chi connectivity index (χ2n) is 11.2. The number of carbonyl (C=O) groups excluding carboxylic acids is 2. The first-order chi connectivity index (χ1) is 20.5. The van der Waals surface area contributed by atoms with Gasteiger partial charge in [0.15, 0.2) is 0 Å². The maximum atomic E-state index is 13.6. The third kappa shape index (κ3) is 6.94. The minimum atomic E-state index is -3.93. The molecule has 0 aromatic heterocycles. The molecule has 5 rings (SSSR count). The van der Waals surface area contributed by atoms with Crippen LogP contribution in [-0.4, -0.2) is 64.1 Å². The van der Waals surface area contributed by atoms with Crippen molar-refractivity contribution < 1.29 is 32.2 Å². The van der Waals surface area contributed by atoms with E-state index >= 15 is 0 Å². The average Bonchev–Trinajstić information content (AvgIpc) is 2.99. The number of amides is 2. The molecule has 10 nitrogen and oxygen atoms in total. The first-order valence-corrected chi connectivity index (χ1v) is 15.8. The zero-order valence-electron chi connectivity index (χ0n) is 24.7. The molecule has 2 heterocycles. The summed E-state index contributed by atoms with van der Waals surface area (Å²) in [5, 5.41) is 2.95. The van der Waals surface area contributed by atoms with Gasteiger partial charge >= 0.3 is 0 Å². The van der Waals surface area contributed by atoms with E-state index in [0.29, 0.717) is 30.3 Å². The van der Waals surface area contributed by atoms with Gasteiger partial charge in [-0.05, 0) is 66.8 Å². The minimum Gasteiger partial charge on any atom is -0.497 e. The van der Waals surface area contributed by atoms with Gasteiger partial charge in [0.05, 0.1) is 36.1 Å². The number of hydrogen-bond acceptors (Lipinski definition) is 7. The summed E-state index contributed by atoms with van der Waals surface area (Å²) in [6.07, 6.45) is 0.696. The number of nitrogens with one attached hydrogen (secondary N) is 2. The number of hydrogen-bond donors (Lipinski definition) is 2. The molecule has 0 radical (unpaired) electrons. The van der Waals surface area contributed by atoms with Crippen LogP contribution in [0.2, 0.25) is 0 Å². The Morgan fingerprint density at radius 1 is 1.05 bits per heavy atom. The van der Waals surface area contributed by atoms with Gasteiger partial charge in [-0.1, -0.05) is 32.0 Å². The van der Waals surface area contributed by atoms with E-state index in [9.17, 15) is 18.0 Å². The fraction of sp³-hybridized carbons (Fsp3) is 0.375. The smallest absolute Gasteiger partial charge is 0.262 e. The Hall–Kier alpha value is -4.09. The molecular weight excluding hydrogens is 570 g/mol. The molecule has 228 valence electrons. The summed E-state index contributed by atoms with van der Waals surface area (Å²) >= 11 is 0. The van der Waals surface area contributed by atoms with Crippen molar-refractivity contribution in [2.45, 2.75) is 62.2 Å². The third-order valence-electron chi connectivity index (χ3n) is 7.89. The Kier molecular flexibility index (Phi) is 8.93. The summed E-state index contributed by atoms with van der Waals surface area (Å²) in [5.74, 6) is 0.710. The average molecular weight is 608 g/mol. The van der Waals surface area contributed by atoms with Gasteiger partial charge in [0.25, 0.3) is 15.9 Å². The largest absolute Gasteiger partial charge is 0.497 e. The lowest BCUT2D eigenvalue weighted by Crippen LogP contribution is -2.53. The molecule has 1 saturated heterocycles. The molecule has 0 spiro atoms. The Labute approximate surface area is 252 Å². The van der Waals surface area contributed by atoms with Crippen LogP contribution < -0.4 is 19.5 Å². The molecule has 2 aliphatic heterocycles. The molecule has 3 atom stereocenters. The number of ether oxygens (including phenoxy) is 3. The highest BCUT2D eigenvalue weighted by Crippen LogP contribution is 2.33. The monoisotopic (exact) mass is 607 g/mol. The summed E-state index contributed by atoms with van der Waals surface area (Å²) in [6, 6.07) is 18.3. The summed E-state index contributed by atoms with van der Waals surface area (Å²) in [5.41, 5.74) is 2.42. The number of sulfonamides is 1. The van der Waals surface area contributed by atoms with Gasteiger partial charge in [0.2, 0.25) is 5.91 Å². The molecule has 0 unspecified atom stereocenters. The number of benzene rings is 3. The van der Waals surface area contributed by atoms with Crippen LogP contribution in [0.5, 0.6) is 11.5 Å². The molecule has 2 N–H and O–H groups in total. The molecule has 43 heavy (non-hydrogen) atoms. The maximum Gasteiger partial charge on any atom is 0.262 e. The minimum absolute atomic E-state index is 0.0350. The van der Waals surface area contributed by atoms with Crippen molar-refractivity contribution in [1.29, 1.82) is 0 Å². The summed E-state index contributed by atoms with van der Waals surface area (Å²) in [4.78, 5) is 28.0. The number of rotatable bonds is 8. The predicted octanol–water partition coefficient (Wildman–Crippen LogP) is 5.03. The van der Waals surface area contributed by atoms with E-state index in [-0.39, 0.29) is 53.1 Å². The van der Waals surface area contributed by atoms with Crippen LogP contribution in [0.25, 0.3) is 0 Å². The highest BCUT2D eigenvalue weighted by atomic mass is 32.2.